The van der Waals surface area contributed by atoms with Crippen LogP contribution >= 0.6 is 27.3 Å². The number of carbonyl (C=O) groups excluding carboxylic acids is 1. The van der Waals surface area contributed by atoms with Gasteiger partial charge in [-0.3, -0.25) is 4.79 Å². The second kappa shape index (κ2) is 6.17. The van der Waals surface area contributed by atoms with Gasteiger partial charge in [0.1, 0.15) is 11.8 Å². The molecule has 0 aliphatic carbocycles. The summed E-state index contributed by atoms with van der Waals surface area (Å²) in [7, 11) is 0. The fraction of sp³-hybridized carbons (Fsp3) is 0.267. The molecular weight excluding hydrogens is 352 g/mol. The lowest BCUT2D eigenvalue weighted by Crippen LogP contribution is -2.33. The molecule has 1 atom stereocenters. The van der Waals surface area contributed by atoms with Gasteiger partial charge in [-0.2, -0.15) is 0 Å². The minimum Gasteiger partial charge on any atom is -0.493 e. The van der Waals surface area contributed by atoms with Gasteiger partial charge in [0, 0.05) is 27.9 Å². The molecular formula is C15H15BrN2O2S. The van der Waals surface area contributed by atoms with Crippen LogP contribution in [-0.4, -0.2) is 12.5 Å². The van der Waals surface area contributed by atoms with E-state index in [1.54, 1.807) is 0 Å². The predicted octanol–water partition coefficient (Wildman–Crippen LogP) is 2.76. The van der Waals surface area contributed by atoms with Crippen LogP contribution in [0.3, 0.4) is 0 Å². The van der Waals surface area contributed by atoms with Crippen LogP contribution < -0.4 is 15.8 Å². The molecule has 0 bridgehead atoms. The molecule has 2 aromatic rings. The van der Waals surface area contributed by atoms with E-state index in [1.807, 2.05) is 23.6 Å². The number of thiophene rings is 1. The number of rotatable bonds is 4. The highest BCUT2D eigenvalue weighted by molar-refractivity contribution is 9.10. The summed E-state index contributed by atoms with van der Waals surface area (Å²) in [6.45, 7) is 1.11. The van der Waals surface area contributed by atoms with Gasteiger partial charge in [-0.05, 0) is 29.1 Å². The van der Waals surface area contributed by atoms with Crippen molar-refractivity contribution < 1.29 is 9.53 Å². The number of hydrogen-bond acceptors (Lipinski definition) is 4. The first-order valence-electron chi connectivity index (χ1n) is 6.66. The number of nitrogens with two attached hydrogens (primary N) is 1. The summed E-state index contributed by atoms with van der Waals surface area (Å²) >= 11 is 4.98. The van der Waals surface area contributed by atoms with Crippen molar-refractivity contribution in [2.75, 3.05) is 6.61 Å². The molecule has 3 rings (SSSR count). The molecule has 6 heteroatoms. The third-order valence-electron chi connectivity index (χ3n) is 3.41. The van der Waals surface area contributed by atoms with E-state index >= 15 is 0 Å². The van der Waals surface area contributed by atoms with Crippen molar-refractivity contribution in [1.82, 2.24) is 5.32 Å². The summed E-state index contributed by atoms with van der Waals surface area (Å²) in [6.07, 6.45) is 0.907. The maximum absolute atomic E-state index is 12.1. The van der Waals surface area contributed by atoms with Crippen LogP contribution in [0.25, 0.3) is 0 Å². The Balaban J connectivity index is 1.69. The zero-order valence-corrected chi connectivity index (χ0v) is 13.7. The van der Waals surface area contributed by atoms with Crippen molar-refractivity contribution in [2.24, 2.45) is 5.73 Å². The molecule has 1 aromatic carbocycles. The molecule has 4 nitrogen and oxygen atoms in total. The maximum Gasteiger partial charge on any atom is 0.242 e. The van der Waals surface area contributed by atoms with E-state index < -0.39 is 6.04 Å². The third kappa shape index (κ3) is 3.12. The molecule has 0 fully saturated rings. The number of nitrogens with one attached hydrogen (secondary N) is 1. The van der Waals surface area contributed by atoms with E-state index in [1.165, 1.54) is 16.9 Å². The van der Waals surface area contributed by atoms with Gasteiger partial charge in [0.2, 0.25) is 5.91 Å². The second-order valence-electron chi connectivity index (χ2n) is 4.86. The van der Waals surface area contributed by atoms with Crippen molar-refractivity contribution >= 4 is 33.2 Å². The van der Waals surface area contributed by atoms with E-state index in [0.29, 0.717) is 13.2 Å². The monoisotopic (exact) mass is 366 g/mol. The Morgan fingerprint density at radius 1 is 1.52 bits per heavy atom. The first kappa shape index (κ1) is 14.6. The third-order valence-corrected chi connectivity index (χ3v) is 4.82. The Labute approximate surface area is 135 Å². The molecule has 3 N–H and O–H groups in total. The average Bonchev–Trinajstić information content (AvgIpc) is 3.13. The Bertz CT molecular complexity index is 658. The number of carbonyl (C=O) groups is 1. The van der Waals surface area contributed by atoms with Gasteiger partial charge in [-0.25, -0.2) is 0 Å². The lowest BCUT2D eigenvalue weighted by atomic mass is 10.1. The van der Waals surface area contributed by atoms with Crippen LogP contribution in [0.1, 0.15) is 22.0 Å². The summed E-state index contributed by atoms with van der Waals surface area (Å²) < 4.78 is 6.65. The number of benzene rings is 1. The average molecular weight is 367 g/mol. The Morgan fingerprint density at radius 2 is 2.38 bits per heavy atom. The summed E-state index contributed by atoms with van der Waals surface area (Å²) in [5.41, 5.74) is 8.10. The van der Waals surface area contributed by atoms with E-state index in [9.17, 15) is 4.79 Å². The van der Waals surface area contributed by atoms with Crippen LogP contribution in [0.2, 0.25) is 0 Å². The standard InChI is InChI=1S/C15H15BrN2O2S/c16-11-6-9-3-4-20-14(9)10(7-11)8-18-15(19)13(17)12-2-1-5-21-12/h1-2,5-7,13H,3-4,8,17H2,(H,18,19). The van der Waals surface area contributed by atoms with Crippen molar-refractivity contribution in [3.63, 3.8) is 0 Å². The van der Waals surface area contributed by atoms with Crippen LogP contribution in [0.4, 0.5) is 0 Å². The van der Waals surface area contributed by atoms with Crippen molar-refractivity contribution in [1.29, 1.82) is 0 Å². The van der Waals surface area contributed by atoms with Gasteiger partial charge in [-0.15, -0.1) is 11.3 Å². The Kier molecular flexibility index (Phi) is 4.28. The second-order valence-corrected chi connectivity index (χ2v) is 6.76. The van der Waals surface area contributed by atoms with Crippen molar-refractivity contribution in [3.05, 3.63) is 50.1 Å². The smallest absolute Gasteiger partial charge is 0.242 e. The van der Waals surface area contributed by atoms with Crippen LogP contribution in [0, 0.1) is 0 Å². The first-order chi connectivity index (χ1) is 10.1. The summed E-state index contributed by atoms with van der Waals surface area (Å²) in [5, 5.41) is 4.80. The SMILES string of the molecule is NC(C(=O)NCc1cc(Br)cc2c1OCC2)c1cccs1. The minimum absolute atomic E-state index is 0.177. The lowest BCUT2D eigenvalue weighted by Gasteiger charge is -2.13. The summed E-state index contributed by atoms with van der Waals surface area (Å²) in [5.74, 6) is 0.715. The quantitative estimate of drug-likeness (QED) is 0.874. The molecule has 2 heterocycles. The molecule has 0 saturated carbocycles. The number of halogens is 1. The van der Waals surface area contributed by atoms with Crippen LogP contribution in [0.15, 0.2) is 34.1 Å². The van der Waals surface area contributed by atoms with Crippen LogP contribution in [-0.2, 0) is 17.8 Å². The summed E-state index contributed by atoms with van der Waals surface area (Å²) in [4.78, 5) is 13.0. The molecule has 1 aliphatic heterocycles. The number of fused-ring (bicyclic) bond motifs is 1. The van der Waals surface area contributed by atoms with Crippen LogP contribution in [0.5, 0.6) is 5.75 Å². The fourth-order valence-electron chi connectivity index (χ4n) is 2.37. The normalized spacial score (nSPS) is 14.4. The number of ether oxygens (including phenoxy) is 1. The molecule has 1 unspecified atom stereocenters. The molecule has 0 saturated heterocycles. The van der Waals surface area contributed by atoms with Crippen molar-refractivity contribution in [2.45, 2.75) is 19.0 Å². The highest BCUT2D eigenvalue weighted by Crippen LogP contribution is 2.33. The van der Waals surface area contributed by atoms with E-state index in [4.69, 9.17) is 10.5 Å². The van der Waals surface area contributed by atoms with Gasteiger partial charge in [0.25, 0.3) is 0 Å². The summed E-state index contributed by atoms with van der Waals surface area (Å²) in [6, 6.07) is 7.18. The Morgan fingerprint density at radius 3 is 3.14 bits per heavy atom. The lowest BCUT2D eigenvalue weighted by molar-refractivity contribution is -0.122. The van der Waals surface area contributed by atoms with Gasteiger partial charge in [0.05, 0.1) is 6.61 Å². The molecule has 0 spiro atoms. The van der Waals surface area contributed by atoms with Gasteiger partial charge >= 0.3 is 0 Å². The van der Waals surface area contributed by atoms with Gasteiger partial charge in [0.15, 0.2) is 0 Å². The first-order valence-corrected chi connectivity index (χ1v) is 8.33. The molecule has 1 aromatic heterocycles. The highest BCUT2D eigenvalue weighted by Gasteiger charge is 2.20. The highest BCUT2D eigenvalue weighted by atomic mass is 79.9. The minimum atomic E-state index is -0.619. The van der Waals surface area contributed by atoms with E-state index in [-0.39, 0.29) is 5.91 Å². The zero-order valence-electron chi connectivity index (χ0n) is 11.3. The molecule has 21 heavy (non-hydrogen) atoms. The fourth-order valence-corrected chi connectivity index (χ4v) is 3.64. The predicted molar refractivity (Wildman–Crippen MR) is 86.4 cm³/mol. The topological polar surface area (TPSA) is 64.4 Å². The zero-order chi connectivity index (χ0) is 14.8. The number of amides is 1. The molecule has 1 aliphatic rings. The molecule has 0 radical (unpaired) electrons. The van der Waals surface area contributed by atoms with E-state index in [0.717, 1.165) is 27.1 Å². The maximum atomic E-state index is 12.1. The Hall–Kier alpha value is -1.37. The van der Waals surface area contributed by atoms with Gasteiger partial charge in [-0.1, -0.05) is 22.0 Å². The van der Waals surface area contributed by atoms with Crippen molar-refractivity contribution in [3.8, 4) is 5.75 Å². The van der Waals surface area contributed by atoms with Gasteiger partial charge < -0.3 is 15.8 Å². The number of hydrogen-bond donors (Lipinski definition) is 2. The van der Waals surface area contributed by atoms with E-state index in [2.05, 4.69) is 27.3 Å². The molecule has 1 amide bonds. The molecule has 110 valence electrons. The largest absolute Gasteiger partial charge is 0.493 e.